The van der Waals surface area contributed by atoms with Gasteiger partial charge in [-0.15, -0.1) is 0 Å². The van der Waals surface area contributed by atoms with E-state index >= 15 is 0 Å². The Morgan fingerprint density at radius 3 is 0.833 bits per heavy atom. The molecule has 6 aromatic carbocycles. The van der Waals surface area contributed by atoms with Gasteiger partial charge in [0.15, 0.2) is 0 Å². The molecule has 0 heterocycles. The van der Waals surface area contributed by atoms with Crippen LogP contribution in [0.3, 0.4) is 0 Å². The van der Waals surface area contributed by atoms with Gasteiger partial charge in [-0.1, -0.05) is 36.4 Å². The summed E-state index contributed by atoms with van der Waals surface area (Å²) in [4.78, 5) is 5.07. The number of allylic oxidation sites excluding steroid dienone is 2. The Bertz CT molecular complexity index is 2290. The van der Waals surface area contributed by atoms with Crippen molar-refractivity contribution in [3.8, 4) is 0 Å². The number of aryl methyl sites for hydroxylation is 8. The third-order valence-electron chi connectivity index (χ3n) is 13.8. The molecule has 54 heavy (non-hydrogen) atoms. The van der Waals surface area contributed by atoms with E-state index in [0.29, 0.717) is 0 Å². The molecule has 0 aromatic heterocycles. The van der Waals surface area contributed by atoms with E-state index in [1.165, 1.54) is 189 Å². The maximum Gasteiger partial charge on any atom is 0.0464 e. The summed E-state index contributed by atoms with van der Waals surface area (Å²) in [5, 5.41) is 0. The highest BCUT2D eigenvalue weighted by atomic mass is 15.1. The van der Waals surface area contributed by atoms with Gasteiger partial charge >= 0.3 is 0 Å². The van der Waals surface area contributed by atoms with E-state index in [0.717, 1.165) is 12.8 Å². The van der Waals surface area contributed by atoms with Crippen LogP contribution < -0.4 is 9.80 Å². The second-order valence-corrected chi connectivity index (χ2v) is 16.9. The Balaban J connectivity index is 0.890. The van der Waals surface area contributed by atoms with Crippen LogP contribution in [0.5, 0.6) is 0 Å². The van der Waals surface area contributed by atoms with E-state index in [4.69, 9.17) is 0 Å². The largest absolute Gasteiger partial charge is 0.310 e. The van der Waals surface area contributed by atoms with Crippen molar-refractivity contribution in [2.24, 2.45) is 0 Å². The molecule has 0 bridgehead atoms. The fourth-order valence-corrected chi connectivity index (χ4v) is 11.1. The number of nitrogens with zero attached hydrogens (tertiary/aromatic N) is 2. The lowest BCUT2D eigenvalue weighted by molar-refractivity contribution is 0.911. The molecular formula is C52H46N2. The maximum atomic E-state index is 2.54. The monoisotopic (exact) mass is 698 g/mol. The number of benzene rings is 6. The van der Waals surface area contributed by atoms with E-state index in [1.54, 1.807) is 0 Å². The molecule has 0 aliphatic heterocycles. The van der Waals surface area contributed by atoms with Gasteiger partial charge in [-0.2, -0.15) is 0 Å². The van der Waals surface area contributed by atoms with E-state index in [1.807, 2.05) is 0 Å². The van der Waals surface area contributed by atoms with Gasteiger partial charge in [-0.05, 0) is 241 Å². The predicted molar refractivity (Wildman–Crippen MR) is 225 cm³/mol. The first-order chi connectivity index (χ1) is 26.7. The average Bonchev–Trinajstić information content (AvgIpc) is 4.06. The Morgan fingerprint density at radius 1 is 0.259 bits per heavy atom. The van der Waals surface area contributed by atoms with Crippen LogP contribution in [0, 0.1) is 0 Å². The Hall–Kier alpha value is -5.34. The van der Waals surface area contributed by atoms with Gasteiger partial charge < -0.3 is 9.80 Å². The summed E-state index contributed by atoms with van der Waals surface area (Å²) in [6, 6.07) is 43.6. The van der Waals surface area contributed by atoms with Gasteiger partial charge in [0.2, 0.25) is 0 Å². The van der Waals surface area contributed by atoms with Gasteiger partial charge in [-0.3, -0.25) is 0 Å². The minimum Gasteiger partial charge on any atom is -0.310 e. The third-order valence-corrected chi connectivity index (χ3v) is 13.8. The number of rotatable bonds is 6. The fourth-order valence-electron chi connectivity index (χ4n) is 11.1. The molecule has 264 valence electrons. The standard InChI is InChI=1S/C52H46N2/c1-5-33-13-17-43(25-37(33)9-1)53(44-18-14-34-6-2-10-38(34)26-44)47-21-23-49-41(29-47)31-51-50-24-22-48(30-42(50)32-52(49)51)54(45-19-15-35-7-3-11-39(35)27-45)46-20-16-36-8-4-12-40(36)28-46/h13-30H,1-12,31-32H2. The molecule has 12 rings (SSSR count). The molecule has 0 amide bonds. The van der Waals surface area contributed by atoms with Crippen molar-refractivity contribution in [2.75, 3.05) is 9.80 Å². The molecule has 0 radical (unpaired) electrons. The van der Waals surface area contributed by atoms with Crippen molar-refractivity contribution < 1.29 is 0 Å². The van der Waals surface area contributed by atoms with Crippen LogP contribution in [0.2, 0.25) is 0 Å². The van der Waals surface area contributed by atoms with E-state index in [9.17, 15) is 0 Å². The predicted octanol–water partition coefficient (Wildman–Crippen LogP) is 12.6. The SMILES string of the molecule is c1cc2c(cc1N(c1ccc3c(c1)CCC3)c1ccc3c(c1)CC1=C3Cc3cc(N(c4ccc5c(c4)CCC5)c4ccc5c(c4)CCC5)ccc31)CCC2. The maximum absolute atomic E-state index is 2.54. The zero-order valence-electron chi connectivity index (χ0n) is 31.2. The van der Waals surface area contributed by atoms with Gasteiger partial charge in [0, 0.05) is 34.1 Å². The summed E-state index contributed by atoms with van der Waals surface area (Å²) in [5.74, 6) is 0. The van der Waals surface area contributed by atoms with Crippen LogP contribution in [0.15, 0.2) is 109 Å². The number of anilines is 6. The van der Waals surface area contributed by atoms with E-state index < -0.39 is 0 Å². The molecule has 0 unspecified atom stereocenters. The summed E-state index contributed by atoms with van der Waals surface area (Å²) in [6.07, 6.45) is 16.8. The van der Waals surface area contributed by atoms with Gasteiger partial charge in [0.05, 0.1) is 0 Å². The molecule has 0 saturated carbocycles. The lowest BCUT2D eigenvalue weighted by atomic mass is 9.97. The third kappa shape index (κ3) is 4.92. The quantitative estimate of drug-likeness (QED) is 0.171. The normalized spacial score (nSPS) is 16.9. The van der Waals surface area contributed by atoms with Crippen molar-refractivity contribution in [3.63, 3.8) is 0 Å². The highest BCUT2D eigenvalue weighted by Crippen LogP contribution is 2.50. The highest BCUT2D eigenvalue weighted by molar-refractivity contribution is 6.03. The van der Waals surface area contributed by atoms with Crippen LogP contribution in [0.1, 0.15) is 92.4 Å². The lowest BCUT2D eigenvalue weighted by Gasteiger charge is -2.28. The van der Waals surface area contributed by atoms with Crippen LogP contribution in [0.4, 0.5) is 34.1 Å². The molecule has 0 fully saturated rings. The molecule has 2 heteroatoms. The lowest BCUT2D eigenvalue weighted by Crippen LogP contribution is -2.12. The molecular weight excluding hydrogens is 653 g/mol. The van der Waals surface area contributed by atoms with Crippen LogP contribution in [-0.2, 0) is 64.2 Å². The topological polar surface area (TPSA) is 6.48 Å². The highest BCUT2D eigenvalue weighted by Gasteiger charge is 2.32. The first-order valence-electron chi connectivity index (χ1n) is 20.8. The smallest absolute Gasteiger partial charge is 0.0464 e. The van der Waals surface area contributed by atoms with Gasteiger partial charge in [0.1, 0.15) is 0 Å². The molecule has 6 aliphatic carbocycles. The number of hydrogen-bond acceptors (Lipinski definition) is 2. The summed E-state index contributed by atoms with van der Waals surface area (Å²) >= 11 is 0. The zero-order chi connectivity index (χ0) is 35.3. The molecule has 2 nitrogen and oxygen atoms in total. The Morgan fingerprint density at radius 2 is 0.519 bits per heavy atom. The zero-order valence-corrected chi connectivity index (χ0v) is 31.2. The summed E-state index contributed by atoms with van der Waals surface area (Å²) in [5.41, 5.74) is 28.9. The minimum atomic E-state index is 1.01. The van der Waals surface area contributed by atoms with Crippen LogP contribution in [-0.4, -0.2) is 0 Å². The molecule has 0 atom stereocenters. The molecule has 6 aliphatic rings. The minimum absolute atomic E-state index is 1.01. The van der Waals surface area contributed by atoms with Crippen LogP contribution in [0.25, 0.3) is 11.1 Å². The summed E-state index contributed by atoms with van der Waals surface area (Å²) in [6.45, 7) is 0. The van der Waals surface area contributed by atoms with E-state index in [2.05, 4.69) is 119 Å². The Labute approximate surface area is 319 Å². The van der Waals surface area contributed by atoms with E-state index in [-0.39, 0.29) is 0 Å². The molecule has 0 spiro atoms. The van der Waals surface area contributed by atoms with Gasteiger partial charge in [-0.25, -0.2) is 0 Å². The fraction of sp³-hybridized carbons (Fsp3) is 0.269. The first-order valence-corrected chi connectivity index (χ1v) is 20.8. The Kier molecular flexibility index (Phi) is 6.95. The second kappa shape index (κ2) is 12.1. The van der Waals surface area contributed by atoms with Gasteiger partial charge in [0.25, 0.3) is 0 Å². The molecule has 0 N–H and O–H groups in total. The van der Waals surface area contributed by atoms with Crippen molar-refractivity contribution in [3.05, 3.63) is 176 Å². The second-order valence-electron chi connectivity index (χ2n) is 16.9. The number of hydrogen-bond donors (Lipinski definition) is 0. The van der Waals surface area contributed by atoms with Crippen molar-refractivity contribution in [2.45, 2.75) is 89.9 Å². The van der Waals surface area contributed by atoms with Crippen LogP contribution >= 0.6 is 0 Å². The molecule has 6 aromatic rings. The van der Waals surface area contributed by atoms with Crippen molar-refractivity contribution in [1.82, 2.24) is 0 Å². The average molecular weight is 699 g/mol. The number of fused-ring (bicyclic) bond motifs is 8. The summed E-state index contributed by atoms with van der Waals surface area (Å²) in [7, 11) is 0. The van der Waals surface area contributed by atoms with Crippen molar-refractivity contribution >= 4 is 45.3 Å². The summed E-state index contributed by atoms with van der Waals surface area (Å²) < 4.78 is 0. The van der Waals surface area contributed by atoms with Crippen molar-refractivity contribution in [1.29, 1.82) is 0 Å². The first kappa shape index (κ1) is 31.1. The molecule has 0 saturated heterocycles.